The third kappa shape index (κ3) is 3.72. The Labute approximate surface area is 92.6 Å². The lowest BCUT2D eigenvalue weighted by Crippen LogP contribution is -2.22. The number of benzene rings is 1. The second-order valence-corrected chi connectivity index (χ2v) is 4.92. The van der Waals surface area contributed by atoms with E-state index in [4.69, 9.17) is 5.26 Å². The van der Waals surface area contributed by atoms with E-state index >= 15 is 0 Å². The Bertz CT molecular complexity index is 398. The van der Waals surface area contributed by atoms with Crippen LogP contribution >= 0.6 is 0 Å². The molecule has 0 radical (unpaired) electrons. The number of para-hydroxylation sites is 1. The lowest BCUT2D eigenvalue weighted by molar-refractivity contribution is 0.683. The minimum atomic E-state index is -0.823. The average Bonchev–Trinajstić information content (AvgIpc) is 2.17. The Morgan fingerprint density at radius 2 is 2.20 bits per heavy atom. The number of nitrogens with one attached hydrogen (secondary N) is 1. The molecule has 3 nitrogen and oxygen atoms in total. The molecule has 2 atom stereocenters. The molecule has 0 bridgehead atoms. The van der Waals surface area contributed by atoms with Crippen LogP contribution in [-0.4, -0.2) is 22.3 Å². The van der Waals surface area contributed by atoms with Gasteiger partial charge >= 0.3 is 0 Å². The average molecular weight is 222 g/mol. The van der Waals surface area contributed by atoms with Crippen LogP contribution in [0, 0.1) is 11.3 Å². The highest BCUT2D eigenvalue weighted by atomic mass is 32.2. The van der Waals surface area contributed by atoms with Gasteiger partial charge in [-0.1, -0.05) is 12.1 Å². The zero-order valence-electron chi connectivity index (χ0n) is 8.86. The number of hydrogen-bond donors (Lipinski definition) is 1. The maximum Gasteiger partial charge on any atom is 0.101 e. The van der Waals surface area contributed by atoms with E-state index in [0.717, 1.165) is 5.69 Å². The van der Waals surface area contributed by atoms with Crippen LogP contribution in [0.1, 0.15) is 12.5 Å². The highest BCUT2D eigenvalue weighted by Crippen LogP contribution is 2.14. The number of nitrogens with zero attached hydrogens (tertiary/aromatic N) is 1. The van der Waals surface area contributed by atoms with E-state index in [1.165, 1.54) is 0 Å². The Hall–Kier alpha value is -1.34. The highest BCUT2D eigenvalue weighted by Gasteiger charge is 2.06. The molecule has 80 valence electrons. The summed E-state index contributed by atoms with van der Waals surface area (Å²) >= 11 is 0. The van der Waals surface area contributed by atoms with E-state index in [0.29, 0.717) is 11.3 Å². The van der Waals surface area contributed by atoms with Crippen molar-refractivity contribution in [2.24, 2.45) is 0 Å². The first-order valence-electron chi connectivity index (χ1n) is 4.69. The van der Waals surface area contributed by atoms with Crippen LogP contribution in [-0.2, 0) is 10.8 Å². The number of hydrogen-bond acceptors (Lipinski definition) is 3. The number of anilines is 1. The summed E-state index contributed by atoms with van der Waals surface area (Å²) in [5.74, 6) is 0.583. The van der Waals surface area contributed by atoms with Gasteiger partial charge in [0.05, 0.1) is 11.3 Å². The second kappa shape index (κ2) is 5.52. The van der Waals surface area contributed by atoms with Crippen molar-refractivity contribution in [3.8, 4) is 6.07 Å². The van der Waals surface area contributed by atoms with Crippen LogP contribution in [0.2, 0.25) is 0 Å². The molecule has 2 unspecified atom stereocenters. The van der Waals surface area contributed by atoms with Gasteiger partial charge in [-0.3, -0.25) is 4.21 Å². The van der Waals surface area contributed by atoms with Gasteiger partial charge in [0.1, 0.15) is 6.07 Å². The maximum atomic E-state index is 11.0. The molecule has 4 heteroatoms. The Morgan fingerprint density at radius 1 is 1.53 bits per heavy atom. The van der Waals surface area contributed by atoms with Crippen molar-refractivity contribution >= 4 is 16.5 Å². The van der Waals surface area contributed by atoms with Crippen LogP contribution in [0.15, 0.2) is 24.3 Å². The van der Waals surface area contributed by atoms with E-state index < -0.39 is 10.8 Å². The minimum absolute atomic E-state index is 0.102. The van der Waals surface area contributed by atoms with E-state index in [9.17, 15) is 4.21 Å². The van der Waals surface area contributed by atoms with Crippen molar-refractivity contribution in [3.05, 3.63) is 29.8 Å². The van der Waals surface area contributed by atoms with Gasteiger partial charge < -0.3 is 5.32 Å². The van der Waals surface area contributed by atoms with Crippen molar-refractivity contribution in [1.29, 1.82) is 5.26 Å². The summed E-state index contributed by atoms with van der Waals surface area (Å²) in [6.45, 7) is 1.95. The summed E-state index contributed by atoms with van der Waals surface area (Å²) in [5, 5.41) is 12.0. The standard InChI is InChI=1S/C11H14N2OS/c1-9(8-15(2)14)13-11-6-4-3-5-10(11)7-12/h3-6,9,13H,8H2,1-2H3. The predicted octanol–water partition coefficient (Wildman–Crippen LogP) is 1.74. The molecule has 0 aliphatic heterocycles. The highest BCUT2D eigenvalue weighted by molar-refractivity contribution is 7.84. The minimum Gasteiger partial charge on any atom is -0.381 e. The molecule has 15 heavy (non-hydrogen) atoms. The van der Waals surface area contributed by atoms with Crippen LogP contribution in [0.5, 0.6) is 0 Å². The van der Waals surface area contributed by atoms with Crippen molar-refractivity contribution in [1.82, 2.24) is 0 Å². The second-order valence-electron chi connectivity index (χ2n) is 3.44. The zero-order chi connectivity index (χ0) is 11.3. The third-order valence-electron chi connectivity index (χ3n) is 1.93. The summed E-state index contributed by atoms with van der Waals surface area (Å²) in [7, 11) is -0.823. The van der Waals surface area contributed by atoms with Crippen LogP contribution in [0.4, 0.5) is 5.69 Å². The quantitative estimate of drug-likeness (QED) is 0.844. The molecule has 0 saturated carbocycles. The van der Waals surface area contributed by atoms with Gasteiger partial charge in [-0.05, 0) is 19.1 Å². The predicted molar refractivity (Wildman–Crippen MR) is 63.2 cm³/mol. The van der Waals surface area contributed by atoms with E-state index in [-0.39, 0.29) is 6.04 Å². The summed E-state index contributed by atoms with van der Waals surface area (Å²) in [4.78, 5) is 0. The Kier molecular flexibility index (Phi) is 4.32. The van der Waals surface area contributed by atoms with E-state index in [1.807, 2.05) is 25.1 Å². The molecule has 0 fully saturated rings. The van der Waals surface area contributed by atoms with Crippen LogP contribution in [0.25, 0.3) is 0 Å². The van der Waals surface area contributed by atoms with E-state index in [2.05, 4.69) is 11.4 Å². The summed E-state index contributed by atoms with van der Waals surface area (Å²) in [6.07, 6.45) is 1.67. The van der Waals surface area contributed by atoms with Crippen molar-refractivity contribution in [2.45, 2.75) is 13.0 Å². The first-order chi connectivity index (χ1) is 7.13. The topological polar surface area (TPSA) is 52.9 Å². The maximum absolute atomic E-state index is 11.0. The molecule has 0 heterocycles. The SMILES string of the molecule is CC(CS(C)=O)Nc1ccccc1C#N. The first kappa shape index (κ1) is 11.7. The summed E-state index contributed by atoms with van der Waals surface area (Å²) in [6, 6.07) is 9.53. The molecule has 1 aromatic rings. The lowest BCUT2D eigenvalue weighted by atomic mass is 10.2. The third-order valence-corrected chi connectivity index (χ3v) is 2.90. The number of nitriles is 1. The monoisotopic (exact) mass is 222 g/mol. The molecule has 1 rings (SSSR count). The molecule has 0 saturated heterocycles. The Morgan fingerprint density at radius 3 is 2.80 bits per heavy atom. The van der Waals surface area contributed by atoms with Crippen molar-refractivity contribution in [2.75, 3.05) is 17.3 Å². The molecule has 0 amide bonds. The molecule has 0 spiro atoms. The van der Waals surface area contributed by atoms with Gasteiger partial charge in [-0.2, -0.15) is 5.26 Å². The van der Waals surface area contributed by atoms with Crippen molar-refractivity contribution in [3.63, 3.8) is 0 Å². The van der Waals surface area contributed by atoms with Crippen LogP contribution in [0.3, 0.4) is 0 Å². The Balaban J connectivity index is 2.72. The lowest BCUT2D eigenvalue weighted by Gasteiger charge is -2.14. The molecule has 0 aromatic heterocycles. The fourth-order valence-electron chi connectivity index (χ4n) is 1.37. The fourth-order valence-corrected chi connectivity index (χ4v) is 2.15. The molecule has 0 aliphatic carbocycles. The van der Waals surface area contributed by atoms with E-state index in [1.54, 1.807) is 12.3 Å². The molecule has 1 N–H and O–H groups in total. The first-order valence-corrected chi connectivity index (χ1v) is 6.42. The van der Waals surface area contributed by atoms with Gasteiger partial charge in [0.15, 0.2) is 0 Å². The smallest absolute Gasteiger partial charge is 0.101 e. The fraction of sp³-hybridized carbons (Fsp3) is 0.364. The van der Waals surface area contributed by atoms with Gasteiger partial charge in [0.2, 0.25) is 0 Å². The van der Waals surface area contributed by atoms with Gasteiger partial charge in [-0.15, -0.1) is 0 Å². The molecule has 0 aliphatic rings. The van der Waals surface area contributed by atoms with Gasteiger partial charge in [-0.25, -0.2) is 0 Å². The summed E-state index contributed by atoms with van der Waals surface area (Å²) in [5.41, 5.74) is 1.42. The number of rotatable bonds is 4. The normalized spacial score (nSPS) is 13.9. The molecular formula is C11H14N2OS. The molecular weight excluding hydrogens is 208 g/mol. The van der Waals surface area contributed by atoms with Gasteiger partial charge in [0, 0.05) is 28.9 Å². The molecule has 1 aromatic carbocycles. The van der Waals surface area contributed by atoms with Gasteiger partial charge in [0.25, 0.3) is 0 Å². The summed E-state index contributed by atoms with van der Waals surface area (Å²) < 4.78 is 11.0. The zero-order valence-corrected chi connectivity index (χ0v) is 9.67. The largest absolute Gasteiger partial charge is 0.381 e. The van der Waals surface area contributed by atoms with Crippen LogP contribution < -0.4 is 5.32 Å². The van der Waals surface area contributed by atoms with Crippen molar-refractivity contribution < 1.29 is 4.21 Å².